The molecule has 0 N–H and O–H groups in total. The van der Waals surface area contributed by atoms with Gasteiger partial charge in [-0.25, -0.2) is 0 Å². The molecule has 0 saturated heterocycles. The lowest BCUT2D eigenvalue weighted by Crippen LogP contribution is -2.18. The van der Waals surface area contributed by atoms with Gasteiger partial charge in [0.2, 0.25) is 0 Å². The minimum absolute atomic E-state index is 0.890. The number of rotatable bonds is 0. The lowest BCUT2D eigenvalue weighted by molar-refractivity contribution is 0.449. The Kier molecular flexibility index (Phi) is 2.04. The van der Waals surface area contributed by atoms with Crippen LogP contribution in [0.2, 0.25) is 0 Å². The molecule has 3 aliphatic carbocycles. The van der Waals surface area contributed by atoms with Gasteiger partial charge < -0.3 is 0 Å². The minimum atomic E-state index is 0.890. The molecule has 1 unspecified atom stereocenters. The van der Waals surface area contributed by atoms with Gasteiger partial charge in [-0.15, -0.1) is 0 Å². The summed E-state index contributed by atoms with van der Waals surface area (Å²) in [5, 5.41) is 0. The van der Waals surface area contributed by atoms with Gasteiger partial charge in [-0.05, 0) is 67.9 Å². The summed E-state index contributed by atoms with van der Waals surface area (Å²) in [4.78, 5) is 0. The average Bonchev–Trinajstić information content (AvgIpc) is 2.66. The molecule has 76 valence electrons. The molecule has 3 aliphatic rings. The SMILES string of the molecule is C[C@@H]1CCCC2=C1CCC1CCC=C21. The van der Waals surface area contributed by atoms with Gasteiger partial charge in [0.1, 0.15) is 0 Å². The number of hydrogen-bond donors (Lipinski definition) is 0. The third kappa shape index (κ3) is 1.20. The van der Waals surface area contributed by atoms with Crippen molar-refractivity contribution in [3.8, 4) is 0 Å². The zero-order valence-corrected chi connectivity index (χ0v) is 9.18. The highest BCUT2D eigenvalue weighted by Crippen LogP contribution is 2.47. The van der Waals surface area contributed by atoms with Crippen LogP contribution in [0.1, 0.15) is 51.9 Å². The summed E-state index contributed by atoms with van der Waals surface area (Å²) in [5.41, 5.74) is 5.41. The van der Waals surface area contributed by atoms with Crippen molar-refractivity contribution in [3.05, 3.63) is 22.8 Å². The predicted molar refractivity (Wildman–Crippen MR) is 60.1 cm³/mol. The second-order valence-electron chi connectivity index (χ2n) is 5.27. The van der Waals surface area contributed by atoms with Crippen molar-refractivity contribution in [2.75, 3.05) is 0 Å². The van der Waals surface area contributed by atoms with Gasteiger partial charge in [0.15, 0.2) is 0 Å². The first-order valence-corrected chi connectivity index (χ1v) is 6.28. The molecule has 0 amide bonds. The summed E-state index contributed by atoms with van der Waals surface area (Å²) in [6.45, 7) is 2.43. The summed E-state index contributed by atoms with van der Waals surface area (Å²) in [6, 6.07) is 0. The van der Waals surface area contributed by atoms with E-state index in [0.717, 1.165) is 11.8 Å². The van der Waals surface area contributed by atoms with Gasteiger partial charge in [0, 0.05) is 0 Å². The summed E-state index contributed by atoms with van der Waals surface area (Å²) in [7, 11) is 0. The standard InChI is InChI=1S/C14H20/c1-10-4-2-7-14-12(10)9-8-11-5-3-6-13(11)14/h6,10-11H,2-5,7-9H2,1H3/t10-,11?/m1/s1. The molecular formula is C14H20. The highest BCUT2D eigenvalue weighted by atomic mass is 14.4. The van der Waals surface area contributed by atoms with Gasteiger partial charge >= 0.3 is 0 Å². The number of fused-ring (bicyclic) bond motifs is 2. The maximum atomic E-state index is 2.54. The van der Waals surface area contributed by atoms with Crippen LogP contribution in [-0.4, -0.2) is 0 Å². The number of hydrogen-bond acceptors (Lipinski definition) is 0. The van der Waals surface area contributed by atoms with Crippen LogP contribution in [-0.2, 0) is 0 Å². The van der Waals surface area contributed by atoms with E-state index in [1.165, 1.54) is 44.9 Å². The van der Waals surface area contributed by atoms with Crippen molar-refractivity contribution < 1.29 is 0 Å². The summed E-state index contributed by atoms with van der Waals surface area (Å²) < 4.78 is 0. The minimum Gasteiger partial charge on any atom is -0.0807 e. The Balaban J connectivity index is 2.02. The van der Waals surface area contributed by atoms with E-state index in [1.54, 1.807) is 11.1 Å². The number of allylic oxidation sites excluding steroid dienone is 4. The maximum absolute atomic E-state index is 2.54. The van der Waals surface area contributed by atoms with Crippen molar-refractivity contribution >= 4 is 0 Å². The fraction of sp³-hybridized carbons (Fsp3) is 0.714. The molecule has 14 heavy (non-hydrogen) atoms. The quantitative estimate of drug-likeness (QED) is 0.533. The molecular weight excluding hydrogens is 168 g/mol. The molecule has 0 aromatic rings. The zero-order chi connectivity index (χ0) is 9.54. The first-order chi connectivity index (χ1) is 6.86. The van der Waals surface area contributed by atoms with Crippen LogP contribution in [0.25, 0.3) is 0 Å². The van der Waals surface area contributed by atoms with Gasteiger partial charge in [0.05, 0.1) is 0 Å². The van der Waals surface area contributed by atoms with E-state index in [9.17, 15) is 0 Å². The molecule has 0 heteroatoms. The van der Waals surface area contributed by atoms with E-state index in [-0.39, 0.29) is 0 Å². The third-order valence-electron chi connectivity index (χ3n) is 4.48. The molecule has 0 fully saturated rings. The summed E-state index contributed by atoms with van der Waals surface area (Å²) in [5.74, 6) is 1.85. The molecule has 2 atom stereocenters. The van der Waals surface area contributed by atoms with Crippen LogP contribution < -0.4 is 0 Å². The highest BCUT2D eigenvalue weighted by Gasteiger charge is 2.31. The Morgan fingerprint density at radius 2 is 2.07 bits per heavy atom. The monoisotopic (exact) mass is 188 g/mol. The van der Waals surface area contributed by atoms with Gasteiger partial charge in [-0.2, -0.15) is 0 Å². The van der Waals surface area contributed by atoms with E-state index in [1.807, 2.05) is 5.57 Å². The normalized spacial score (nSPS) is 36.5. The van der Waals surface area contributed by atoms with E-state index in [2.05, 4.69) is 13.0 Å². The third-order valence-corrected chi connectivity index (χ3v) is 4.48. The fourth-order valence-electron chi connectivity index (χ4n) is 3.71. The molecule has 0 aliphatic heterocycles. The smallest absolute Gasteiger partial charge is 0.0156 e. The Morgan fingerprint density at radius 1 is 1.14 bits per heavy atom. The van der Waals surface area contributed by atoms with E-state index < -0.39 is 0 Å². The van der Waals surface area contributed by atoms with Crippen molar-refractivity contribution in [1.82, 2.24) is 0 Å². The summed E-state index contributed by atoms with van der Waals surface area (Å²) >= 11 is 0. The molecule has 0 radical (unpaired) electrons. The molecule has 0 aromatic carbocycles. The van der Waals surface area contributed by atoms with Crippen LogP contribution in [0.3, 0.4) is 0 Å². The average molecular weight is 188 g/mol. The van der Waals surface area contributed by atoms with Crippen molar-refractivity contribution in [2.24, 2.45) is 11.8 Å². The Bertz CT molecular complexity index is 306. The van der Waals surface area contributed by atoms with Crippen molar-refractivity contribution in [1.29, 1.82) is 0 Å². The van der Waals surface area contributed by atoms with Gasteiger partial charge in [0.25, 0.3) is 0 Å². The van der Waals surface area contributed by atoms with Crippen molar-refractivity contribution in [2.45, 2.75) is 51.9 Å². The molecule has 0 bridgehead atoms. The first kappa shape index (κ1) is 8.76. The van der Waals surface area contributed by atoms with Crippen LogP contribution in [0.15, 0.2) is 22.8 Å². The van der Waals surface area contributed by atoms with E-state index in [0.29, 0.717) is 0 Å². The fourth-order valence-corrected chi connectivity index (χ4v) is 3.71. The van der Waals surface area contributed by atoms with Crippen LogP contribution >= 0.6 is 0 Å². The second kappa shape index (κ2) is 3.25. The zero-order valence-electron chi connectivity index (χ0n) is 9.18. The topological polar surface area (TPSA) is 0 Å². The van der Waals surface area contributed by atoms with Crippen molar-refractivity contribution in [3.63, 3.8) is 0 Å². The first-order valence-electron chi connectivity index (χ1n) is 6.28. The van der Waals surface area contributed by atoms with Crippen LogP contribution in [0, 0.1) is 11.8 Å². The van der Waals surface area contributed by atoms with Crippen LogP contribution in [0.5, 0.6) is 0 Å². The molecule has 0 nitrogen and oxygen atoms in total. The Morgan fingerprint density at radius 3 is 3.00 bits per heavy atom. The molecule has 0 saturated carbocycles. The lowest BCUT2D eigenvalue weighted by atomic mass is 9.71. The Hall–Kier alpha value is -0.520. The van der Waals surface area contributed by atoms with E-state index >= 15 is 0 Å². The molecule has 0 aromatic heterocycles. The lowest BCUT2D eigenvalue weighted by Gasteiger charge is -2.34. The van der Waals surface area contributed by atoms with Gasteiger partial charge in [-0.3, -0.25) is 0 Å². The second-order valence-corrected chi connectivity index (χ2v) is 5.27. The summed E-state index contributed by atoms with van der Waals surface area (Å²) in [6.07, 6.45) is 12.5. The highest BCUT2D eigenvalue weighted by molar-refractivity contribution is 5.43. The maximum Gasteiger partial charge on any atom is -0.0156 e. The molecule has 3 rings (SSSR count). The Labute approximate surface area is 87.1 Å². The van der Waals surface area contributed by atoms with Crippen LogP contribution in [0.4, 0.5) is 0 Å². The predicted octanol–water partition coefficient (Wildman–Crippen LogP) is 4.23. The largest absolute Gasteiger partial charge is 0.0807 e. The van der Waals surface area contributed by atoms with Gasteiger partial charge in [-0.1, -0.05) is 18.6 Å². The molecule has 0 spiro atoms. The van der Waals surface area contributed by atoms with E-state index in [4.69, 9.17) is 0 Å². The molecule has 0 heterocycles.